The second kappa shape index (κ2) is 8.68. The van der Waals surface area contributed by atoms with E-state index in [1.807, 2.05) is 68.8 Å². The summed E-state index contributed by atoms with van der Waals surface area (Å²) >= 11 is 0. The SMILES string of the molecule is Cc1cc(NC(=O)C2CCN(C(=O)OC(C)(C)C)CC2)n(Cc2ccccc2)n1. The molecule has 0 aliphatic carbocycles. The number of rotatable bonds is 4. The highest BCUT2D eigenvalue weighted by Gasteiger charge is 2.30. The quantitative estimate of drug-likeness (QED) is 0.849. The number of carbonyl (C=O) groups excluding carboxylic acids is 2. The maximum atomic E-state index is 12.8. The van der Waals surface area contributed by atoms with Crippen LogP contribution in [0.25, 0.3) is 0 Å². The van der Waals surface area contributed by atoms with Crippen molar-refractivity contribution in [3.05, 3.63) is 47.7 Å². The van der Waals surface area contributed by atoms with Crippen molar-refractivity contribution in [1.29, 1.82) is 0 Å². The zero-order valence-corrected chi connectivity index (χ0v) is 17.6. The van der Waals surface area contributed by atoms with Crippen LogP contribution in [0.15, 0.2) is 36.4 Å². The van der Waals surface area contributed by atoms with E-state index < -0.39 is 5.60 Å². The second-order valence-corrected chi connectivity index (χ2v) is 8.55. The van der Waals surface area contributed by atoms with Crippen LogP contribution in [-0.4, -0.2) is 45.4 Å². The number of nitrogens with one attached hydrogen (secondary N) is 1. The summed E-state index contributed by atoms with van der Waals surface area (Å²) in [5.41, 5.74) is 1.47. The van der Waals surface area contributed by atoms with Crippen LogP contribution in [0.4, 0.5) is 10.6 Å². The van der Waals surface area contributed by atoms with Crippen molar-refractivity contribution in [2.75, 3.05) is 18.4 Å². The smallest absolute Gasteiger partial charge is 0.410 e. The molecule has 1 aliphatic rings. The van der Waals surface area contributed by atoms with Crippen molar-refractivity contribution >= 4 is 17.8 Å². The fourth-order valence-electron chi connectivity index (χ4n) is 3.40. The van der Waals surface area contributed by atoms with Gasteiger partial charge in [-0.1, -0.05) is 30.3 Å². The van der Waals surface area contributed by atoms with Gasteiger partial charge < -0.3 is 15.0 Å². The van der Waals surface area contributed by atoms with E-state index in [2.05, 4.69) is 10.4 Å². The zero-order valence-electron chi connectivity index (χ0n) is 17.6. The number of hydrogen-bond acceptors (Lipinski definition) is 4. The topological polar surface area (TPSA) is 76.5 Å². The van der Waals surface area contributed by atoms with Gasteiger partial charge in [-0.3, -0.25) is 4.79 Å². The van der Waals surface area contributed by atoms with Gasteiger partial charge in [-0.15, -0.1) is 0 Å². The molecule has 0 saturated carbocycles. The van der Waals surface area contributed by atoms with E-state index in [4.69, 9.17) is 4.74 Å². The van der Waals surface area contributed by atoms with Crippen LogP contribution in [0.3, 0.4) is 0 Å². The molecule has 1 N–H and O–H groups in total. The van der Waals surface area contributed by atoms with Gasteiger partial charge in [0.15, 0.2) is 0 Å². The predicted molar refractivity (Wildman–Crippen MR) is 112 cm³/mol. The number of aromatic nitrogens is 2. The summed E-state index contributed by atoms with van der Waals surface area (Å²) in [6.07, 6.45) is 0.932. The van der Waals surface area contributed by atoms with Crippen LogP contribution in [-0.2, 0) is 16.1 Å². The van der Waals surface area contributed by atoms with Gasteiger partial charge >= 0.3 is 6.09 Å². The number of nitrogens with zero attached hydrogens (tertiary/aromatic N) is 3. The molecule has 0 spiro atoms. The first kappa shape index (κ1) is 20.9. The van der Waals surface area contributed by atoms with E-state index in [0.29, 0.717) is 38.3 Å². The minimum atomic E-state index is -0.514. The Hall–Kier alpha value is -2.83. The third-order valence-corrected chi connectivity index (χ3v) is 4.85. The molecule has 1 aromatic heterocycles. The maximum Gasteiger partial charge on any atom is 0.410 e. The van der Waals surface area contributed by atoms with E-state index in [0.717, 1.165) is 11.3 Å². The normalized spacial score (nSPS) is 15.2. The fourth-order valence-corrected chi connectivity index (χ4v) is 3.40. The van der Waals surface area contributed by atoms with E-state index >= 15 is 0 Å². The highest BCUT2D eigenvalue weighted by Crippen LogP contribution is 2.22. The molecule has 0 atom stereocenters. The van der Waals surface area contributed by atoms with Gasteiger partial charge in [0.1, 0.15) is 11.4 Å². The molecule has 1 aliphatic heterocycles. The molecule has 7 heteroatoms. The second-order valence-electron chi connectivity index (χ2n) is 8.55. The summed E-state index contributed by atoms with van der Waals surface area (Å²) in [6, 6.07) is 11.9. The lowest BCUT2D eigenvalue weighted by Crippen LogP contribution is -2.43. The predicted octanol–water partition coefficient (Wildman–Crippen LogP) is 3.83. The average molecular weight is 399 g/mol. The van der Waals surface area contributed by atoms with E-state index in [-0.39, 0.29) is 17.9 Å². The highest BCUT2D eigenvalue weighted by molar-refractivity contribution is 5.92. The van der Waals surface area contributed by atoms with Crippen molar-refractivity contribution < 1.29 is 14.3 Å². The molecule has 3 rings (SSSR count). The zero-order chi connectivity index (χ0) is 21.0. The molecule has 29 heavy (non-hydrogen) atoms. The van der Waals surface area contributed by atoms with Crippen LogP contribution in [0.5, 0.6) is 0 Å². The van der Waals surface area contributed by atoms with E-state index in [9.17, 15) is 9.59 Å². The van der Waals surface area contributed by atoms with Crippen molar-refractivity contribution in [3.63, 3.8) is 0 Å². The largest absolute Gasteiger partial charge is 0.444 e. The first-order chi connectivity index (χ1) is 13.7. The Morgan fingerprint density at radius 1 is 1.17 bits per heavy atom. The minimum absolute atomic E-state index is 0.0250. The van der Waals surface area contributed by atoms with Crippen LogP contribution in [0.1, 0.15) is 44.9 Å². The van der Waals surface area contributed by atoms with Gasteiger partial charge in [-0.2, -0.15) is 5.10 Å². The van der Waals surface area contributed by atoms with Gasteiger partial charge in [0.05, 0.1) is 12.2 Å². The Morgan fingerprint density at radius 2 is 1.83 bits per heavy atom. The van der Waals surface area contributed by atoms with E-state index in [1.165, 1.54) is 0 Å². The Morgan fingerprint density at radius 3 is 2.45 bits per heavy atom. The van der Waals surface area contributed by atoms with Gasteiger partial charge in [0.2, 0.25) is 5.91 Å². The third-order valence-electron chi connectivity index (χ3n) is 4.85. The first-order valence-corrected chi connectivity index (χ1v) is 10.1. The van der Waals surface area contributed by atoms with Gasteiger partial charge in [-0.05, 0) is 46.1 Å². The minimum Gasteiger partial charge on any atom is -0.444 e. The third kappa shape index (κ3) is 5.82. The van der Waals surface area contributed by atoms with Crippen LogP contribution in [0.2, 0.25) is 0 Å². The summed E-state index contributed by atoms with van der Waals surface area (Å²) in [5.74, 6) is 0.544. The van der Waals surface area contributed by atoms with Gasteiger partial charge in [0, 0.05) is 25.1 Å². The molecular formula is C22H30N4O3. The average Bonchev–Trinajstić information content (AvgIpc) is 3.00. The number of ether oxygens (including phenoxy) is 1. The Bertz CT molecular complexity index is 847. The molecule has 1 aromatic carbocycles. The molecule has 0 bridgehead atoms. The summed E-state index contributed by atoms with van der Waals surface area (Å²) in [5, 5.41) is 7.54. The number of likely N-dealkylation sites (tertiary alicyclic amines) is 1. The summed E-state index contributed by atoms with van der Waals surface area (Å²) in [4.78, 5) is 26.7. The number of benzene rings is 1. The Labute approximate surface area is 172 Å². The molecule has 156 valence electrons. The number of aryl methyl sites for hydroxylation is 1. The molecule has 2 aromatic rings. The molecule has 1 saturated heterocycles. The summed E-state index contributed by atoms with van der Waals surface area (Å²) in [6.45, 7) is 9.12. The lowest BCUT2D eigenvalue weighted by molar-refractivity contribution is -0.121. The number of piperidine rings is 1. The lowest BCUT2D eigenvalue weighted by Gasteiger charge is -2.32. The summed E-state index contributed by atoms with van der Waals surface area (Å²) in [7, 11) is 0. The molecule has 0 unspecified atom stereocenters. The molecule has 1 fully saturated rings. The standard InChI is InChI=1S/C22H30N4O3/c1-16-14-19(26(24-16)15-17-8-6-5-7-9-17)23-20(27)18-10-12-25(13-11-18)21(28)29-22(2,3)4/h5-9,14,18H,10-13,15H2,1-4H3,(H,23,27). The number of hydrogen-bond donors (Lipinski definition) is 1. The Kier molecular flexibility index (Phi) is 6.25. The van der Waals surface area contributed by atoms with Crippen LogP contribution >= 0.6 is 0 Å². The summed E-state index contributed by atoms with van der Waals surface area (Å²) < 4.78 is 7.24. The van der Waals surface area contributed by atoms with Gasteiger partial charge in [0.25, 0.3) is 0 Å². The van der Waals surface area contributed by atoms with E-state index in [1.54, 1.807) is 4.90 Å². The Balaban J connectivity index is 1.57. The van der Waals surface area contributed by atoms with Crippen LogP contribution < -0.4 is 5.32 Å². The van der Waals surface area contributed by atoms with Gasteiger partial charge in [-0.25, -0.2) is 9.48 Å². The maximum absolute atomic E-state index is 12.8. The number of carbonyl (C=O) groups is 2. The van der Waals surface area contributed by atoms with Crippen LogP contribution in [0, 0.1) is 12.8 Å². The number of anilines is 1. The van der Waals surface area contributed by atoms with Crippen molar-refractivity contribution in [1.82, 2.24) is 14.7 Å². The fraction of sp³-hybridized carbons (Fsp3) is 0.500. The highest BCUT2D eigenvalue weighted by atomic mass is 16.6. The molecule has 7 nitrogen and oxygen atoms in total. The molecular weight excluding hydrogens is 368 g/mol. The molecule has 0 radical (unpaired) electrons. The lowest BCUT2D eigenvalue weighted by atomic mass is 9.96. The molecule has 2 amide bonds. The van der Waals surface area contributed by atoms with Crippen molar-refractivity contribution in [2.45, 2.75) is 52.7 Å². The first-order valence-electron chi connectivity index (χ1n) is 10.1. The molecule has 2 heterocycles. The monoisotopic (exact) mass is 398 g/mol. The number of amides is 2. The van der Waals surface area contributed by atoms with Crippen molar-refractivity contribution in [2.24, 2.45) is 5.92 Å². The van der Waals surface area contributed by atoms with Crippen molar-refractivity contribution in [3.8, 4) is 0 Å².